The van der Waals surface area contributed by atoms with Gasteiger partial charge in [-0.25, -0.2) is 4.98 Å². The molecule has 0 saturated carbocycles. The first kappa shape index (κ1) is 15.5. The quantitative estimate of drug-likeness (QED) is 0.847. The second-order valence-corrected chi connectivity index (χ2v) is 5.17. The van der Waals surface area contributed by atoms with Crippen LogP contribution < -0.4 is 4.74 Å². The predicted molar refractivity (Wildman–Crippen MR) is 82.1 cm³/mol. The Balaban J connectivity index is 1.91. The summed E-state index contributed by atoms with van der Waals surface area (Å²) in [5.74, 6) is 1.81. The summed E-state index contributed by atoms with van der Waals surface area (Å²) in [4.78, 5) is 6.35. The molecule has 0 bridgehead atoms. The van der Waals surface area contributed by atoms with E-state index in [0.717, 1.165) is 17.1 Å². The summed E-state index contributed by atoms with van der Waals surface area (Å²) >= 11 is 0. The minimum Gasteiger partial charge on any atom is -0.494 e. The topological polar surface area (TPSA) is 50.5 Å². The molecule has 2 rings (SSSR count). The van der Waals surface area contributed by atoms with Crippen molar-refractivity contribution in [1.29, 1.82) is 0 Å². The summed E-state index contributed by atoms with van der Waals surface area (Å²) in [7, 11) is 3.95. The van der Waals surface area contributed by atoms with Crippen LogP contribution in [0.1, 0.15) is 24.4 Å². The second kappa shape index (κ2) is 7.24. The molecule has 1 heterocycles. The SMILES string of the molecule is CCOc1ccc(C(O)CN(C)Cc2nccn2C)cc1. The molecule has 0 fully saturated rings. The predicted octanol–water partition coefficient (Wildman–Crippen LogP) is 1.98. The van der Waals surface area contributed by atoms with E-state index in [1.165, 1.54) is 0 Å². The lowest BCUT2D eigenvalue weighted by atomic mass is 10.1. The number of aliphatic hydroxyl groups excluding tert-OH is 1. The van der Waals surface area contributed by atoms with E-state index < -0.39 is 6.10 Å². The number of hydrogen-bond donors (Lipinski definition) is 1. The number of aryl methyl sites for hydroxylation is 1. The first-order chi connectivity index (χ1) is 10.1. The number of nitrogens with zero attached hydrogens (tertiary/aromatic N) is 3. The molecule has 1 aromatic carbocycles. The largest absolute Gasteiger partial charge is 0.494 e. The van der Waals surface area contributed by atoms with Gasteiger partial charge in [-0.2, -0.15) is 0 Å². The highest BCUT2D eigenvalue weighted by molar-refractivity contribution is 5.28. The van der Waals surface area contributed by atoms with Crippen LogP contribution in [0.3, 0.4) is 0 Å². The second-order valence-electron chi connectivity index (χ2n) is 5.17. The van der Waals surface area contributed by atoms with E-state index in [9.17, 15) is 5.11 Å². The number of rotatable bonds is 7. The summed E-state index contributed by atoms with van der Waals surface area (Å²) in [5, 5.41) is 10.3. The Morgan fingerprint density at radius 1 is 1.33 bits per heavy atom. The molecule has 5 nitrogen and oxygen atoms in total. The third-order valence-corrected chi connectivity index (χ3v) is 3.39. The molecule has 21 heavy (non-hydrogen) atoms. The van der Waals surface area contributed by atoms with Gasteiger partial charge >= 0.3 is 0 Å². The Morgan fingerprint density at radius 2 is 2.05 bits per heavy atom. The van der Waals surface area contributed by atoms with Crippen LogP contribution in [-0.4, -0.2) is 39.8 Å². The summed E-state index contributed by atoms with van der Waals surface area (Å²) in [6, 6.07) is 7.59. The Labute approximate surface area is 125 Å². The number of ether oxygens (including phenoxy) is 1. The lowest BCUT2D eigenvalue weighted by Gasteiger charge is -2.20. The molecule has 1 N–H and O–H groups in total. The van der Waals surface area contributed by atoms with Gasteiger partial charge in [0.05, 0.1) is 19.3 Å². The van der Waals surface area contributed by atoms with E-state index in [-0.39, 0.29) is 0 Å². The van der Waals surface area contributed by atoms with Gasteiger partial charge in [-0.3, -0.25) is 4.90 Å². The number of aliphatic hydroxyl groups is 1. The van der Waals surface area contributed by atoms with Gasteiger partial charge in [0.1, 0.15) is 11.6 Å². The third-order valence-electron chi connectivity index (χ3n) is 3.39. The molecule has 114 valence electrons. The highest BCUT2D eigenvalue weighted by Gasteiger charge is 2.12. The highest BCUT2D eigenvalue weighted by Crippen LogP contribution is 2.19. The summed E-state index contributed by atoms with van der Waals surface area (Å²) in [6.45, 7) is 3.86. The van der Waals surface area contributed by atoms with E-state index in [1.54, 1.807) is 6.20 Å². The lowest BCUT2D eigenvalue weighted by Crippen LogP contribution is -2.25. The smallest absolute Gasteiger partial charge is 0.122 e. The summed E-state index contributed by atoms with van der Waals surface area (Å²) in [6.07, 6.45) is 3.18. The van der Waals surface area contributed by atoms with Crippen LogP contribution in [0.15, 0.2) is 36.7 Å². The monoisotopic (exact) mass is 289 g/mol. The molecule has 5 heteroatoms. The molecule has 1 aromatic heterocycles. The Kier molecular flexibility index (Phi) is 5.36. The molecule has 0 radical (unpaired) electrons. The van der Waals surface area contributed by atoms with Gasteiger partial charge in [0.2, 0.25) is 0 Å². The molecule has 0 amide bonds. The van der Waals surface area contributed by atoms with Crippen LogP contribution >= 0.6 is 0 Å². The Bertz CT molecular complexity index is 551. The van der Waals surface area contributed by atoms with Crippen LogP contribution in [0, 0.1) is 0 Å². The van der Waals surface area contributed by atoms with Crippen LogP contribution in [0.25, 0.3) is 0 Å². The molecular formula is C16H23N3O2. The van der Waals surface area contributed by atoms with Crippen molar-refractivity contribution in [3.63, 3.8) is 0 Å². The standard InChI is InChI=1S/C16H23N3O2/c1-4-21-14-7-5-13(6-8-14)15(20)11-18(2)12-16-17-9-10-19(16)3/h5-10,15,20H,4,11-12H2,1-3H3. The van der Waals surface area contributed by atoms with E-state index in [2.05, 4.69) is 9.88 Å². The molecule has 0 aliphatic rings. The number of benzene rings is 1. The minimum atomic E-state index is -0.522. The third kappa shape index (κ3) is 4.31. The Morgan fingerprint density at radius 3 is 2.62 bits per heavy atom. The van der Waals surface area contributed by atoms with Crippen molar-refractivity contribution in [2.45, 2.75) is 19.6 Å². The van der Waals surface area contributed by atoms with Crippen molar-refractivity contribution in [1.82, 2.24) is 14.5 Å². The molecule has 0 spiro atoms. The lowest BCUT2D eigenvalue weighted by molar-refractivity contribution is 0.122. The van der Waals surface area contributed by atoms with Gasteiger partial charge in [0.15, 0.2) is 0 Å². The molecular weight excluding hydrogens is 266 g/mol. The van der Waals surface area contributed by atoms with Crippen molar-refractivity contribution in [2.75, 3.05) is 20.2 Å². The number of likely N-dealkylation sites (N-methyl/N-ethyl adjacent to an activating group) is 1. The molecule has 0 aliphatic heterocycles. The average Bonchev–Trinajstić information content (AvgIpc) is 2.85. The van der Waals surface area contributed by atoms with Gasteiger partial charge in [0, 0.05) is 26.0 Å². The molecule has 1 unspecified atom stereocenters. The van der Waals surface area contributed by atoms with Crippen molar-refractivity contribution in [3.05, 3.63) is 48.0 Å². The fraction of sp³-hybridized carbons (Fsp3) is 0.438. The van der Waals surface area contributed by atoms with E-state index >= 15 is 0 Å². The van der Waals surface area contributed by atoms with Crippen molar-refractivity contribution >= 4 is 0 Å². The number of imidazole rings is 1. The molecule has 2 aromatic rings. The minimum absolute atomic E-state index is 0.522. The zero-order chi connectivity index (χ0) is 15.2. The van der Waals surface area contributed by atoms with Gasteiger partial charge in [-0.15, -0.1) is 0 Å². The maximum Gasteiger partial charge on any atom is 0.122 e. The van der Waals surface area contributed by atoms with Crippen molar-refractivity contribution in [3.8, 4) is 5.75 Å². The van der Waals surface area contributed by atoms with Gasteiger partial charge in [0.25, 0.3) is 0 Å². The number of aromatic nitrogens is 2. The van der Waals surface area contributed by atoms with Crippen LogP contribution in [-0.2, 0) is 13.6 Å². The average molecular weight is 289 g/mol. The maximum absolute atomic E-state index is 10.3. The van der Waals surface area contributed by atoms with Crippen LogP contribution in [0.2, 0.25) is 0 Å². The van der Waals surface area contributed by atoms with Gasteiger partial charge < -0.3 is 14.4 Å². The van der Waals surface area contributed by atoms with Crippen molar-refractivity contribution < 1.29 is 9.84 Å². The van der Waals surface area contributed by atoms with Crippen molar-refractivity contribution in [2.24, 2.45) is 7.05 Å². The number of hydrogen-bond acceptors (Lipinski definition) is 4. The van der Waals surface area contributed by atoms with Gasteiger partial charge in [-0.1, -0.05) is 12.1 Å². The first-order valence-electron chi connectivity index (χ1n) is 7.15. The van der Waals surface area contributed by atoms with E-state index in [0.29, 0.717) is 19.7 Å². The summed E-state index contributed by atoms with van der Waals surface area (Å²) in [5.41, 5.74) is 0.894. The molecule has 1 atom stereocenters. The van der Waals surface area contributed by atoms with E-state index in [4.69, 9.17) is 4.74 Å². The normalized spacial score (nSPS) is 12.6. The van der Waals surface area contributed by atoms with Crippen LogP contribution in [0.4, 0.5) is 0 Å². The molecule has 0 saturated heterocycles. The van der Waals surface area contributed by atoms with Gasteiger partial charge in [-0.05, 0) is 31.7 Å². The zero-order valence-electron chi connectivity index (χ0n) is 12.9. The zero-order valence-corrected chi connectivity index (χ0v) is 12.9. The van der Waals surface area contributed by atoms with Crippen LogP contribution in [0.5, 0.6) is 5.75 Å². The fourth-order valence-corrected chi connectivity index (χ4v) is 2.21. The Hall–Kier alpha value is -1.85. The maximum atomic E-state index is 10.3. The van der Waals surface area contributed by atoms with E-state index in [1.807, 2.05) is 56.0 Å². The fourth-order valence-electron chi connectivity index (χ4n) is 2.21. The highest BCUT2D eigenvalue weighted by atomic mass is 16.5. The first-order valence-corrected chi connectivity index (χ1v) is 7.15. The summed E-state index contributed by atoms with van der Waals surface area (Å²) < 4.78 is 7.39. The molecule has 0 aliphatic carbocycles.